The summed E-state index contributed by atoms with van der Waals surface area (Å²) in [5, 5.41) is 11.8. The quantitative estimate of drug-likeness (QED) is 0.655. The maximum absolute atomic E-state index is 12.9. The molecule has 0 aliphatic rings. The van der Waals surface area contributed by atoms with Crippen molar-refractivity contribution < 1.29 is 26.8 Å². The van der Waals surface area contributed by atoms with Crippen LogP contribution in [0.25, 0.3) is 0 Å². The van der Waals surface area contributed by atoms with Crippen LogP contribution in [-0.2, 0) is 12.6 Å². The van der Waals surface area contributed by atoms with Gasteiger partial charge < -0.3 is 9.73 Å². The third-order valence-corrected chi connectivity index (χ3v) is 3.40. The molecule has 1 heterocycles. The van der Waals surface area contributed by atoms with Gasteiger partial charge in [0.2, 0.25) is 5.89 Å². The Hall–Kier alpha value is -3.43. The van der Waals surface area contributed by atoms with Gasteiger partial charge in [-0.1, -0.05) is 23.3 Å². The Morgan fingerprint density at radius 1 is 1.04 bits per heavy atom. The van der Waals surface area contributed by atoms with E-state index in [-0.39, 0.29) is 29.8 Å². The smallest absolute Gasteiger partial charge is 0.407 e. The molecule has 0 unspecified atom stereocenters. The molecule has 0 bridgehead atoms. The number of hydrogen-bond acceptors (Lipinski definition) is 4. The third kappa shape index (κ3) is 5.03. The molecule has 2 aromatic carbocycles. The number of alkyl halides is 3. The minimum Gasteiger partial charge on any atom is -0.407 e. The predicted molar refractivity (Wildman–Crippen MR) is 87.6 cm³/mol. The number of carbonyl (C=O) groups excluding carboxylic acids is 1. The summed E-state index contributed by atoms with van der Waals surface area (Å²) in [6.45, 7) is 0. The van der Waals surface area contributed by atoms with Gasteiger partial charge in [-0.3, -0.25) is 5.32 Å². The van der Waals surface area contributed by atoms with E-state index in [2.05, 4.69) is 20.8 Å². The number of carbonyl (C=O) groups is 1. The summed E-state index contributed by atoms with van der Waals surface area (Å²) in [5.41, 5.74) is -0.215. The van der Waals surface area contributed by atoms with Gasteiger partial charge in [0.15, 0.2) is 0 Å². The minimum atomic E-state index is -4.52. The number of benzene rings is 2. The molecule has 6 nitrogen and oxygen atoms in total. The van der Waals surface area contributed by atoms with Crippen LogP contribution in [0.15, 0.2) is 52.9 Å². The summed E-state index contributed by atoms with van der Waals surface area (Å²) in [6, 6.07) is 8.77. The molecule has 2 amide bonds. The van der Waals surface area contributed by atoms with Crippen LogP contribution in [0.3, 0.4) is 0 Å². The predicted octanol–water partition coefficient (Wildman–Crippen LogP) is 4.46. The molecular formula is C17H12F4N4O2. The van der Waals surface area contributed by atoms with Crippen LogP contribution >= 0.6 is 0 Å². The van der Waals surface area contributed by atoms with E-state index in [0.717, 1.165) is 17.7 Å². The third-order valence-electron chi connectivity index (χ3n) is 3.40. The molecule has 0 saturated carbocycles. The fourth-order valence-electron chi connectivity index (χ4n) is 2.19. The van der Waals surface area contributed by atoms with Gasteiger partial charge in [-0.05, 0) is 35.9 Å². The zero-order chi connectivity index (χ0) is 19.4. The van der Waals surface area contributed by atoms with E-state index < -0.39 is 17.8 Å². The van der Waals surface area contributed by atoms with Crippen LogP contribution in [0, 0.1) is 5.82 Å². The van der Waals surface area contributed by atoms with Gasteiger partial charge in [0.1, 0.15) is 5.82 Å². The van der Waals surface area contributed by atoms with E-state index in [4.69, 9.17) is 4.42 Å². The van der Waals surface area contributed by atoms with Crippen molar-refractivity contribution in [2.24, 2.45) is 0 Å². The minimum absolute atomic E-state index is 0.0478. The molecule has 140 valence electrons. The average Bonchev–Trinajstić information content (AvgIpc) is 3.03. The Morgan fingerprint density at radius 3 is 2.48 bits per heavy atom. The van der Waals surface area contributed by atoms with Gasteiger partial charge in [0, 0.05) is 5.69 Å². The Labute approximate surface area is 150 Å². The maximum atomic E-state index is 12.9. The second-order valence-electron chi connectivity index (χ2n) is 5.46. The van der Waals surface area contributed by atoms with Crippen LogP contribution < -0.4 is 10.6 Å². The first-order chi connectivity index (χ1) is 12.8. The van der Waals surface area contributed by atoms with Crippen LogP contribution in [0.1, 0.15) is 17.0 Å². The van der Waals surface area contributed by atoms with Crippen molar-refractivity contribution >= 4 is 17.7 Å². The van der Waals surface area contributed by atoms with Gasteiger partial charge in [-0.2, -0.15) is 13.2 Å². The van der Waals surface area contributed by atoms with Crippen molar-refractivity contribution in [2.45, 2.75) is 12.6 Å². The second kappa shape index (κ2) is 7.44. The monoisotopic (exact) mass is 380 g/mol. The number of aromatic nitrogens is 2. The number of nitrogens with one attached hydrogen (secondary N) is 2. The summed E-state index contributed by atoms with van der Waals surface area (Å²) in [5.74, 6) is -0.200. The zero-order valence-corrected chi connectivity index (χ0v) is 13.5. The average molecular weight is 380 g/mol. The van der Waals surface area contributed by atoms with E-state index in [1.807, 2.05) is 0 Å². The van der Waals surface area contributed by atoms with Crippen molar-refractivity contribution in [3.63, 3.8) is 0 Å². The maximum Gasteiger partial charge on any atom is 0.416 e. The number of nitrogens with zero attached hydrogens (tertiary/aromatic N) is 2. The van der Waals surface area contributed by atoms with Gasteiger partial charge in [0.25, 0.3) is 0 Å². The summed E-state index contributed by atoms with van der Waals surface area (Å²) in [6.07, 6.45) is -4.29. The number of anilines is 2. The van der Waals surface area contributed by atoms with Crippen LogP contribution in [0.4, 0.5) is 34.1 Å². The van der Waals surface area contributed by atoms with Crippen molar-refractivity contribution in [1.29, 1.82) is 0 Å². The molecule has 2 N–H and O–H groups in total. The Balaban J connectivity index is 1.60. The fraction of sp³-hybridized carbons (Fsp3) is 0.118. The molecule has 0 saturated heterocycles. The van der Waals surface area contributed by atoms with Crippen molar-refractivity contribution in [1.82, 2.24) is 10.2 Å². The van der Waals surface area contributed by atoms with Gasteiger partial charge >= 0.3 is 18.2 Å². The highest BCUT2D eigenvalue weighted by molar-refractivity contribution is 5.98. The largest absolute Gasteiger partial charge is 0.416 e. The van der Waals surface area contributed by atoms with E-state index in [1.54, 1.807) is 12.1 Å². The molecule has 0 spiro atoms. The highest BCUT2D eigenvalue weighted by atomic mass is 19.4. The molecule has 3 aromatic rings. The molecule has 10 heteroatoms. The molecule has 1 aromatic heterocycles. The molecule has 27 heavy (non-hydrogen) atoms. The topological polar surface area (TPSA) is 80.0 Å². The van der Waals surface area contributed by atoms with Gasteiger partial charge in [0.05, 0.1) is 12.0 Å². The zero-order valence-electron chi connectivity index (χ0n) is 13.5. The number of urea groups is 1. The lowest BCUT2D eigenvalue weighted by Gasteiger charge is -2.09. The first-order valence-corrected chi connectivity index (χ1v) is 7.62. The summed E-state index contributed by atoms with van der Waals surface area (Å²) in [4.78, 5) is 11.9. The number of amides is 2. The molecule has 0 aliphatic carbocycles. The summed E-state index contributed by atoms with van der Waals surface area (Å²) >= 11 is 0. The molecule has 3 rings (SSSR count). The standard InChI is InChI=1S/C17H12F4N4O2/c18-12-6-4-10(5-7-12)8-14-24-25-16(27-14)23-15(26)22-13-3-1-2-11(9-13)17(19,20)21/h1-7,9H,8H2,(H2,22,23,25,26). The molecule has 0 atom stereocenters. The van der Waals surface area contributed by atoms with Crippen LogP contribution in [0.2, 0.25) is 0 Å². The summed E-state index contributed by atoms with van der Waals surface area (Å²) < 4.78 is 56.1. The van der Waals surface area contributed by atoms with Crippen molar-refractivity contribution in [3.05, 3.63) is 71.4 Å². The van der Waals surface area contributed by atoms with Crippen LogP contribution in [0.5, 0.6) is 0 Å². The van der Waals surface area contributed by atoms with E-state index in [1.165, 1.54) is 24.3 Å². The van der Waals surface area contributed by atoms with Gasteiger partial charge in [-0.25, -0.2) is 9.18 Å². The van der Waals surface area contributed by atoms with Crippen molar-refractivity contribution in [2.75, 3.05) is 10.6 Å². The van der Waals surface area contributed by atoms with E-state index in [0.29, 0.717) is 0 Å². The lowest BCUT2D eigenvalue weighted by Crippen LogP contribution is -2.20. The molecule has 0 radical (unpaired) electrons. The number of hydrogen-bond donors (Lipinski definition) is 2. The lowest BCUT2D eigenvalue weighted by atomic mass is 10.1. The Bertz CT molecular complexity index is 939. The van der Waals surface area contributed by atoms with E-state index >= 15 is 0 Å². The van der Waals surface area contributed by atoms with E-state index in [9.17, 15) is 22.4 Å². The molecular weight excluding hydrogens is 368 g/mol. The number of halogens is 4. The summed E-state index contributed by atoms with van der Waals surface area (Å²) in [7, 11) is 0. The lowest BCUT2D eigenvalue weighted by molar-refractivity contribution is -0.137. The molecule has 0 fully saturated rings. The second-order valence-corrected chi connectivity index (χ2v) is 5.46. The Morgan fingerprint density at radius 2 is 1.78 bits per heavy atom. The van der Waals surface area contributed by atoms with Crippen LogP contribution in [-0.4, -0.2) is 16.2 Å². The Kier molecular flexibility index (Phi) is 5.06. The fourth-order valence-corrected chi connectivity index (χ4v) is 2.19. The highest BCUT2D eigenvalue weighted by Gasteiger charge is 2.30. The first kappa shape index (κ1) is 18.4. The highest BCUT2D eigenvalue weighted by Crippen LogP contribution is 2.30. The SMILES string of the molecule is O=C(Nc1cccc(C(F)(F)F)c1)Nc1nnc(Cc2ccc(F)cc2)o1. The van der Waals surface area contributed by atoms with Crippen molar-refractivity contribution in [3.8, 4) is 0 Å². The first-order valence-electron chi connectivity index (χ1n) is 7.62. The number of rotatable bonds is 4. The molecule has 0 aliphatic heterocycles. The van der Waals surface area contributed by atoms with Gasteiger partial charge in [-0.15, -0.1) is 5.10 Å². The normalized spacial score (nSPS) is 11.3.